The third-order valence-electron chi connectivity index (χ3n) is 1.12. The molecule has 1 rings (SSSR count). The summed E-state index contributed by atoms with van der Waals surface area (Å²) in [5.41, 5.74) is -0.181. The van der Waals surface area contributed by atoms with Gasteiger partial charge in [-0.05, 0) is 13.8 Å². The second-order valence-electron chi connectivity index (χ2n) is 2.46. The van der Waals surface area contributed by atoms with Gasteiger partial charge in [-0.25, -0.2) is 0 Å². The normalized spacial score (nSPS) is 22.5. The Bertz CT molecular complexity index is 109. The van der Waals surface area contributed by atoms with E-state index >= 15 is 0 Å². The molecule has 0 amide bonds. The standard InChI is InChI=1S/C5H8O2.ClH/c1-5(2)3-7-4(5)6;/h3H2,1-2H3;1H. The van der Waals surface area contributed by atoms with Gasteiger partial charge < -0.3 is 4.74 Å². The third kappa shape index (κ3) is 0.944. The maximum atomic E-state index is 10.3. The van der Waals surface area contributed by atoms with Crippen molar-refractivity contribution in [1.29, 1.82) is 0 Å². The number of hydrogen-bond donors (Lipinski definition) is 0. The van der Waals surface area contributed by atoms with E-state index in [1.807, 2.05) is 13.8 Å². The Morgan fingerprint density at radius 2 is 2.00 bits per heavy atom. The molecule has 1 heterocycles. The minimum absolute atomic E-state index is 0. The van der Waals surface area contributed by atoms with E-state index in [2.05, 4.69) is 4.74 Å². The number of halogens is 1. The van der Waals surface area contributed by atoms with Gasteiger partial charge in [0.25, 0.3) is 0 Å². The van der Waals surface area contributed by atoms with Crippen molar-refractivity contribution in [2.75, 3.05) is 6.61 Å². The Kier molecular flexibility index (Phi) is 1.88. The van der Waals surface area contributed by atoms with Gasteiger partial charge in [0.1, 0.15) is 6.61 Å². The predicted molar refractivity (Wildman–Crippen MR) is 32.0 cm³/mol. The average Bonchev–Trinajstić information content (AvgIpc) is 1.63. The molecule has 0 aliphatic carbocycles. The van der Waals surface area contributed by atoms with E-state index in [1.54, 1.807) is 0 Å². The first kappa shape index (κ1) is 7.76. The topological polar surface area (TPSA) is 26.3 Å². The molecule has 0 aromatic rings. The maximum Gasteiger partial charge on any atom is 0.315 e. The molecule has 2 nitrogen and oxygen atoms in total. The van der Waals surface area contributed by atoms with E-state index in [0.29, 0.717) is 6.61 Å². The van der Waals surface area contributed by atoms with Crippen molar-refractivity contribution >= 4 is 18.4 Å². The Hall–Kier alpha value is -0.240. The largest absolute Gasteiger partial charge is 0.464 e. The first-order valence-corrected chi connectivity index (χ1v) is 2.30. The Morgan fingerprint density at radius 1 is 1.62 bits per heavy atom. The van der Waals surface area contributed by atoms with Crippen LogP contribution in [0.4, 0.5) is 0 Å². The van der Waals surface area contributed by atoms with Crippen LogP contribution >= 0.6 is 12.4 Å². The average molecular weight is 137 g/mol. The molecule has 0 bridgehead atoms. The van der Waals surface area contributed by atoms with Gasteiger partial charge in [0.15, 0.2) is 0 Å². The molecule has 0 aromatic carbocycles. The van der Waals surface area contributed by atoms with Crippen LogP contribution in [-0.2, 0) is 9.53 Å². The number of rotatable bonds is 0. The lowest BCUT2D eigenvalue weighted by molar-refractivity contribution is -0.180. The highest BCUT2D eigenvalue weighted by Gasteiger charge is 2.39. The summed E-state index contributed by atoms with van der Waals surface area (Å²) in [6.07, 6.45) is 0. The molecule has 48 valence electrons. The van der Waals surface area contributed by atoms with Crippen molar-refractivity contribution < 1.29 is 9.53 Å². The quantitative estimate of drug-likeness (QED) is 0.465. The molecule has 0 N–H and O–H groups in total. The van der Waals surface area contributed by atoms with Crippen LogP contribution in [0.1, 0.15) is 13.8 Å². The van der Waals surface area contributed by atoms with Crippen molar-refractivity contribution in [2.24, 2.45) is 5.41 Å². The van der Waals surface area contributed by atoms with Gasteiger partial charge in [0.05, 0.1) is 5.41 Å². The zero-order chi connectivity index (χ0) is 5.49. The van der Waals surface area contributed by atoms with Crippen molar-refractivity contribution in [1.82, 2.24) is 0 Å². The molecule has 0 atom stereocenters. The highest BCUT2D eigenvalue weighted by Crippen LogP contribution is 2.26. The molecule has 1 aliphatic heterocycles. The van der Waals surface area contributed by atoms with Crippen molar-refractivity contribution in [3.8, 4) is 0 Å². The summed E-state index contributed by atoms with van der Waals surface area (Å²) in [6, 6.07) is 0. The highest BCUT2D eigenvalue weighted by molar-refractivity contribution is 5.85. The lowest BCUT2D eigenvalue weighted by Crippen LogP contribution is -2.42. The number of carbonyl (C=O) groups excluding carboxylic acids is 1. The molecule has 8 heavy (non-hydrogen) atoms. The van der Waals surface area contributed by atoms with Crippen LogP contribution in [0.2, 0.25) is 0 Å². The summed E-state index contributed by atoms with van der Waals surface area (Å²) in [6.45, 7) is 4.34. The predicted octanol–water partition coefficient (Wildman–Crippen LogP) is 0.991. The van der Waals surface area contributed by atoms with Crippen LogP contribution in [0.5, 0.6) is 0 Å². The van der Waals surface area contributed by atoms with Gasteiger partial charge in [-0.3, -0.25) is 4.79 Å². The van der Waals surface area contributed by atoms with E-state index in [0.717, 1.165) is 0 Å². The molecule has 0 saturated carbocycles. The summed E-state index contributed by atoms with van der Waals surface area (Å²) in [5.74, 6) is -0.0764. The van der Waals surface area contributed by atoms with Crippen molar-refractivity contribution in [3.63, 3.8) is 0 Å². The van der Waals surface area contributed by atoms with E-state index < -0.39 is 0 Å². The fraction of sp³-hybridized carbons (Fsp3) is 0.800. The molecule has 0 spiro atoms. The number of esters is 1. The van der Waals surface area contributed by atoms with E-state index in [4.69, 9.17) is 0 Å². The summed E-state index contributed by atoms with van der Waals surface area (Å²) in [4.78, 5) is 10.3. The zero-order valence-electron chi connectivity index (χ0n) is 4.93. The molecule has 3 heteroatoms. The fourth-order valence-corrected chi connectivity index (χ4v) is 0.420. The van der Waals surface area contributed by atoms with Crippen molar-refractivity contribution in [3.05, 3.63) is 0 Å². The maximum absolute atomic E-state index is 10.3. The second-order valence-corrected chi connectivity index (χ2v) is 2.46. The third-order valence-corrected chi connectivity index (χ3v) is 1.12. The zero-order valence-corrected chi connectivity index (χ0v) is 5.75. The summed E-state index contributed by atoms with van der Waals surface area (Å²) in [5, 5.41) is 0. The van der Waals surface area contributed by atoms with Gasteiger partial charge in [-0.2, -0.15) is 0 Å². The molecule has 0 aromatic heterocycles. The monoisotopic (exact) mass is 136 g/mol. The van der Waals surface area contributed by atoms with Crippen molar-refractivity contribution in [2.45, 2.75) is 13.8 Å². The Morgan fingerprint density at radius 3 is 2.00 bits per heavy atom. The molecule has 0 unspecified atom stereocenters. The van der Waals surface area contributed by atoms with Crippen LogP contribution in [0.15, 0.2) is 0 Å². The fourth-order valence-electron chi connectivity index (χ4n) is 0.420. The molecular weight excluding hydrogens is 128 g/mol. The SMILES string of the molecule is CC1(C)COC1=O.Cl. The minimum atomic E-state index is -0.181. The van der Waals surface area contributed by atoms with Gasteiger partial charge >= 0.3 is 5.97 Å². The number of hydrogen-bond acceptors (Lipinski definition) is 2. The summed E-state index contributed by atoms with van der Waals surface area (Å²) >= 11 is 0. The summed E-state index contributed by atoms with van der Waals surface area (Å²) < 4.78 is 4.51. The van der Waals surface area contributed by atoms with E-state index in [-0.39, 0.29) is 23.8 Å². The molecular formula is C5H9ClO2. The van der Waals surface area contributed by atoms with Gasteiger partial charge in [0.2, 0.25) is 0 Å². The van der Waals surface area contributed by atoms with Crippen LogP contribution < -0.4 is 0 Å². The lowest BCUT2D eigenvalue weighted by atomic mass is 9.91. The number of ether oxygens (including phenoxy) is 1. The Labute approximate surface area is 54.6 Å². The van der Waals surface area contributed by atoms with Crippen LogP contribution in [0.3, 0.4) is 0 Å². The first-order valence-electron chi connectivity index (χ1n) is 2.30. The second kappa shape index (κ2) is 1.94. The van der Waals surface area contributed by atoms with Gasteiger partial charge in [0, 0.05) is 0 Å². The van der Waals surface area contributed by atoms with Gasteiger partial charge in [-0.1, -0.05) is 0 Å². The van der Waals surface area contributed by atoms with Crippen LogP contribution in [0, 0.1) is 5.41 Å². The minimum Gasteiger partial charge on any atom is -0.464 e. The molecule has 1 aliphatic rings. The molecule has 1 saturated heterocycles. The van der Waals surface area contributed by atoms with Crippen LogP contribution in [-0.4, -0.2) is 12.6 Å². The molecule has 0 radical (unpaired) electrons. The lowest BCUT2D eigenvalue weighted by Gasteiger charge is -2.31. The van der Waals surface area contributed by atoms with Crippen LogP contribution in [0.25, 0.3) is 0 Å². The first-order chi connectivity index (χ1) is 3.13. The van der Waals surface area contributed by atoms with E-state index in [1.165, 1.54) is 0 Å². The highest BCUT2D eigenvalue weighted by atomic mass is 35.5. The summed E-state index contributed by atoms with van der Waals surface area (Å²) in [7, 11) is 0. The molecule has 1 fully saturated rings. The Balaban J connectivity index is 0.000000490. The van der Waals surface area contributed by atoms with Gasteiger partial charge in [-0.15, -0.1) is 12.4 Å². The smallest absolute Gasteiger partial charge is 0.315 e. The number of cyclic esters (lactones) is 1. The number of carbonyl (C=O) groups is 1. The van der Waals surface area contributed by atoms with E-state index in [9.17, 15) is 4.79 Å².